The van der Waals surface area contributed by atoms with E-state index in [9.17, 15) is 14.2 Å². The molecule has 0 fully saturated rings. The van der Waals surface area contributed by atoms with Crippen molar-refractivity contribution in [1.29, 1.82) is 0 Å². The summed E-state index contributed by atoms with van der Waals surface area (Å²) in [4.78, 5) is 0.426. The van der Waals surface area contributed by atoms with Gasteiger partial charge in [-0.1, -0.05) is 60.2 Å². The highest BCUT2D eigenvalue weighted by Crippen LogP contribution is 2.49. The highest BCUT2D eigenvalue weighted by molar-refractivity contribution is 8.25. The molecule has 0 radical (unpaired) electrons. The van der Waals surface area contributed by atoms with Gasteiger partial charge in [-0.05, 0) is 30.2 Å². The number of anilines is 1. The molecule has 0 bridgehead atoms. The first-order chi connectivity index (χ1) is 11.0. The van der Waals surface area contributed by atoms with Crippen LogP contribution in [-0.2, 0) is 6.42 Å². The Morgan fingerprint density at radius 3 is 2.17 bits per heavy atom. The Morgan fingerprint density at radius 1 is 0.913 bits per heavy atom. The minimum Gasteiger partial charge on any atom is -0.507 e. The van der Waals surface area contributed by atoms with Gasteiger partial charge in [0.15, 0.2) is 0 Å². The molecule has 3 aromatic rings. The first-order valence-corrected chi connectivity index (χ1v) is 8.92. The summed E-state index contributed by atoms with van der Waals surface area (Å²) in [5.74, 6) is 0.241. The van der Waals surface area contributed by atoms with Gasteiger partial charge in [0.1, 0.15) is 5.75 Å². The smallest absolute Gasteiger partial charge is 0.126 e. The molecule has 0 aliphatic rings. The Labute approximate surface area is 136 Å². The maximum absolute atomic E-state index is 10.5. The van der Waals surface area contributed by atoms with E-state index in [0.717, 1.165) is 10.9 Å². The Morgan fingerprint density at radius 2 is 1.52 bits per heavy atom. The van der Waals surface area contributed by atoms with E-state index in [4.69, 9.17) is 0 Å². The second-order valence-electron chi connectivity index (χ2n) is 5.29. The summed E-state index contributed by atoms with van der Waals surface area (Å²) in [5.41, 5.74) is 1.36. The molecule has 0 unspecified atom stereocenters. The zero-order chi connectivity index (χ0) is 16.4. The van der Waals surface area contributed by atoms with Crippen LogP contribution in [0.15, 0.2) is 65.6 Å². The third kappa shape index (κ3) is 2.99. The molecular weight excluding hydrogens is 310 g/mol. The fourth-order valence-corrected chi connectivity index (χ4v) is 3.72. The van der Waals surface area contributed by atoms with Gasteiger partial charge < -0.3 is 5.11 Å². The van der Waals surface area contributed by atoms with Gasteiger partial charge in [-0.25, -0.2) is 0 Å². The first kappa shape index (κ1) is 15.7. The molecule has 0 saturated heterocycles. The van der Waals surface area contributed by atoms with Crippen LogP contribution in [0.1, 0.15) is 12.5 Å². The van der Waals surface area contributed by atoms with Crippen molar-refractivity contribution in [2.45, 2.75) is 18.2 Å². The minimum absolute atomic E-state index is 0.241. The highest BCUT2D eigenvalue weighted by Gasteiger charge is 2.18. The van der Waals surface area contributed by atoms with Crippen molar-refractivity contribution in [3.63, 3.8) is 0 Å². The molecule has 4 nitrogen and oxygen atoms in total. The average molecular weight is 329 g/mol. The number of rotatable bonds is 4. The van der Waals surface area contributed by atoms with Crippen molar-refractivity contribution in [3.05, 3.63) is 66.2 Å². The second-order valence-corrected chi connectivity index (χ2v) is 7.07. The third-order valence-electron chi connectivity index (χ3n) is 3.80. The van der Waals surface area contributed by atoms with Crippen LogP contribution in [0.3, 0.4) is 0 Å². The van der Waals surface area contributed by atoms with E-state index in [-0.39, 0.29) is 5.75 Å². The van der Waals surface area contributed by atoms with Crippen LogP contribution in [0.25, 0.3) is 10.8 Å². The normalized spacial score (nSPS) is 12.3. The number of phenols is 1. The molecule has 0 aliphatic heterocycles. The molecule has 0 aliphatic carbocycles. The van der Waals surface area contributed by atoms with Crippen LogP contribution in [0.4, 0.5) is 5.69 Å². The van der Waals surface area contributed by atoms with Gasteiger partial charge in [0.05, 0.1) is 10.6 Å². The number of aryl methyl sites for hydroxylation is 1. The van der Waals surface area contributed by atoms with Crippen molar-refractivity contribution in [2.75, 3.05) is 4.72 Å². The molecule has 23 heavy (non-hydrogen) atoms. The van der Waals surface area contributed by atoms with Crippen LogP contribution < -0.4 is 4.72 Å². The standard InChI is InChI=1S/C18H19NO3S/c1-2-13-12-17(15-10-6-7-11-16(15)18(13)20)19-23(21,22)14-8-4-3-5-9-14/h3-12,19-22H,2H2,1H3. The number of hydrogen-bond acceptors (Lipinski definition) is 4. The average Bonchev–Trinajstić information content (AvgIpc) is 2.58. The highest BCUT2D eigenvalue weighted by atomic mass is 32.3. The van der Waals surface area contributed by atoms with Crippen LogP contribution in [0, 0.1) is 0 Å². The van der Waals surface area contributed by atoms with Crippen LogP contribution >= 0.6 is 10.8 Å². The van der Waals surface area contributed by atoms with Crippen LogP contribution in [0.2, 0.25) is 0 Å². The van der Waals surface area contributed by atoms with E-state index >= 15 is 0 Å². The third-order valence-corrected chi connectivity index (χ3v) is 5.23. The van der Waals surface area contributed by atoms with Crippen LogP contribution in [-0.4, -0.2) is 14.2 Å². The maximum Gasteiger partial charge on any atom is 0.126 e. The molecule has 0 amide bonds. The zero-order valence-corrected chi connectivity index (χ0v) is 13.5. The lowest BCUT2D eigenvalue weighted by Crippen LogP contribution is -2.10. The Balaban J connectivity index is 2.11. The van der Waals surface area contributed by atoms with Crippen molar-refractivity contribution < 1.29 is 14.2 Å². The van der Waals surface area contributed by atoms with Gasteiger partial charge in [-0.3, -0.25) is 13.8 Å². The van der Waals surface area contributed by atoms with E-state index in [1.807, 2.05) is 37.3 Å². The number of aromatic hydroxyl groups is 1. The van der Waals surface area contributed by atoms with Crippen LogP contribution in [0.5, 0.6) is 5.75 Å². The summed E-state index contributed by atoms with van der Waals surface area (Å²) in [6, 6.07) is 17.8. The molecule has 0 heterocycles. The Bertz CT molecular complexity index is 834. The summed E-state index contributed by atoms with van der Waals surface area (Å²) in [6.45, 7) is 1.95. The number of hydrogen-bond donors (Lipinski definition) is 4. The molecule has 120 valence electrons. The Hall–Kier alpha value is -2.21. The van der Waals surface area contributed by atoms with Crippen molar-refractivity contribution >= 4 is 27.2 Å². The van der Waals surface area contributed by atoms with Gasteiger partial charge in [-0.2, -0.15) is 0 Å². The fourth-order valence-electron chi connectivity index (χ4n) is 2.59. The molecule has 3 aromatic carbocycles. The van der Waals surface area contributed by atoms with Crippen molar-refractivity contribution in [2.24, 2.45) is 0 Å². The number of phenolic OH excluding ortho intramolecular Hbond substituents is 1. The van der Waals surface area contributed by atoms with Gasteiger partial charge in [0.2, 0.25) is 0 Å². The van der Waals surface area contributed by atoms with E-state index in [1.165, 1.54) is 0 Å². The van der Waals surface area contributed by atoms with E-state index < -0.39 is 10.8 Å². The lowest BCUT2D eigenvalue weighted by atomic mass is 10.0. The summed E-state index contributed by atoms with van der Waals surface area (Å²) >= 11 is 0. The predicted molar refractivity (Wildman–Crippen MR) is 96.2 cm³/mol. The fraction of sp³-hybridized carbons (Fsp3) is 0.111. The van der Waals surface area contributed by atoms with E-state index in [2.05, 4.69) is 4.72 Å². The van der Waals surface area contributed by atoms with Gasteiger partial charge in [-0.15, -0.1) is 0 Å². The SMILES string of the molecule is CCc1cc(NS(O)(O)c2ccccc2)c2ccccc2c1O. The number of nitrogens with one attached hydrogen (secondary N) is 1. The van der Waals surface area contributed by atoms with Gasteiger partial charge >= 0.3 is 0 Å². The quantitative estimate of drug-likeness (QED) is 0.494. The zero-order valence-electron chi connectivity index (χ0n) is 12.7. The predicted octanol–water partition coefficient (Wildman–Crippen LogP) is 5.24. The monoisotopic (exact) mass is 329 g/mol. The molecule has 0 atom stereocenters. The van der Waals surface area contributed by atoms with E-state index in [1.54, 1.807) is 30.3 Å². The molecule has 0 aromatic heterocycles. The number of fused-ring (bicyclic) bond motifs is 1. The summed E-state index contributed by atoms with van der Waals surface area (Å²) in [5, 5.41) is 11.8. The molecule has 3 rings (SSSR count). The topological polar surface area (TPSA) is 72.7 Å². The largest absolute Gasteiger partial charge is 0.507 e. The molecule has 5 heteroatoms. The summed E-state index contributed by atoms with van der Waals surface area (Å²) in [7, 11) is -3.17. The molecule has 4 N–H and O–H groups in total. The molecule has 0 saturated carbocycles. The van der Waals surface area contributed by atoms with Gasteiger partial charge in [0, 0.05) is 10.8 Å². The molecule has 0 spiro atoms. The molecular formula is C18H19NO3S. The maximum atomic E-state index is 10.5. The number of benzene rings is 3. The van der Waals surface area contributed by atoms with Crippen molar-refractivity contribution in [1.82, 2.24) is 0 Å². The minimum atomic E-state index is -3.17. The lowest BCUT2D eigenvalue weighted by molar-refractivity contribution is 0.475. The first-order valence-electron chi connectivity index (χ1n) is 7.37. The summed E-state index contributed by atoms with van der Waals surface area (Å²) < 4.78 is 23.9. The summed E-state index contributed by atoms with van der Waals surface area (Å²) in [6.07, 6.45) is 0.649. The Kier molecular flexibility index (Phi) is 4.17. The van der Waals surface area contributed by atoms with Gasteiger partial charge in [0.25, 0.3) is 0 Å². The van der Waals surface area contributed by atoms with Crippen molar-refractivity contribution in [3.8, 4) is 5.75 Å². The lowest BCUT2D eigenvalue weighted by Gasteiger charge is -2.34. The second kappa shape index (κ2) is 6.12. The van der Waals surface area contributed by atoms with E-state index in [0.29, 0.717) is 22.4 Å².